The first-order valence-corrected chi connectivity index (χ1v) is 3.53. The van der Waals surface area contributed by atoms with Crippen LogP contribution in [-0.4, -0.2) is 21.4 Å². The number of imidazole rings is 1. The maximum absolute atomic E-state index is 11.1. The highest BCUT2D eigenvalue weighted by atomic mass is 16.2. The molecule has 2 rings (SSSR count). The first-order chi connectivity index (χ1) is 5.68. The predicted molar refractivity (Wildman–Crippen MR) is 39.4 cm³/mol. The summed E-state index contributed by atoms with van der Waals surface area (Å²) in [6, 6.07) is 0. The molecule has 0 fully saturated rings. The van der Waals surface area contributed by atoms with E-state index in [0.29, 0.717) is 11.4 Å². The number of aryl methyl sites for hydroxylation is 1. The van der Waals surface area contributed by atoms with Crippen molar-refractivity contribution in [2.45, 2.75) is 6.42 Å². The molecule has 5 heteroatoms. The lowest BCUT2D eigenvalue weighted by atomic mass is 10.1. The number of aromatic nitrogens is 2. The fourth-order valence-electron chi connectivity index (χ4n) is 1.24. The minimum atomic E-state index is -0.401. The summed E-state index contributed by atoms with van der Waals surface area (Å²) >= 11 is 0. The number of imide groups is 1. The summed E-state index contributed by atoms with van der Waals surface area (Å²) in [5, 5.41) is 2.20. The van der Waals surface area contributed by atoms with Gasteiger partial charge in [-0.2, -0.15) is 0 Å². The molecule has 0 bridgehead atoms. The Labute approximate surface area is 68.4 Å². The second-order valence-corrected chi connectivity index (χ2v) is 2.70. The Bertz CT molecular complexity index is 367. The average molecular weight is 165 g/mol. The van der Waals surface area contributed by atoms with E-state index in [4.69, 9.17) is 0 Å². The summed E-state index contributed by atoms with van der Waals surface area (Å²) in [5.74, 6) is -0.669. The van der Waals surface area contributed by atoms with Crippen LogP contribution in [0.1, 0.15) is 16.2 Å². The van der Waals surface area contributed by atoms with Crippen LogP contribution in [0.3, 0.4) is 0 Å². The summed E-state index contributed by atoms with van der Waals surface area (Å²) in [5.41, 5.74) is 1.04. The van der Waals surface area contributed by atoms with Crippen LogP contribution in [0.2, 0.25) is 0 Å². The first kappa shape index (κ1) is 7.02. The largest absolute Gasteiger partial charge is 0.336 e. The van der Waals surface area contributed by atoms with Crippen molar-refractivity contribution in [3.05, 3.63) is 17.7 Å². The van der Waals surface area contributed by atoms with Crippen LogP contribution in [0.4, 0.5) is 0 Å². The molecule has 0 radical (unpaired) electrons. The molecule has 0 aromatic carbocycles. The molecule has 2 amide bonds. The molecule has 5 nitrogen and oxygen atoms in total. The van der Waals surface area contributed by atoms with Crippen LogP contribution < -0.4 is 5.32 Å². The lowest BCUT2D eigenvalue weighted by molar-refractivity contribution is -0.119. The molecular formula is C7H7N3O2. The summed E-state index contributed by atoms with van der Waals surface area (Å²) < 4.78 is 1.69. The SMILES string of the molecule is Cn1cnc2c1CC(=O)NC2=O. The van der Waals surface area contributed by atoms with Gasteiger partial charge in [-0.05, 0) is 0 Å². The van der Waals surface area contributed by atoms with Crippen molar-refractivity contribution >= 4 is 11.8 Å². The van der Waals surface area contributed by atoms with Crippen LogP contribution in [0.25, 0.3) is 0 Å². The van der Waals surface area contributed by atoms with E-state index in [2.05, 4.69) is 10.3 Å². The van der Waals surface area contributed by atoms with Crippen LogP contribution >= 0.6 is 0 Å². The number of nitrogens with zero attached hydrogens (tertiary/aromatic N) is 2. The van der Waals surface area contributed by atoms with E-state index in [1.165, 1.54) is 6.33 Å². The van der Waals surface area contributed by atoms with E-state index in [0.717, 1.165) is 0 Å². The minimum absolute atomic E-state index is 0.234. The summed E-state index contributed by atoms with van der Waals surface area (Å²) in [6.07, 6.45) is 1.76. The molecule has 0 spiro atoms. The van der Waals surface area contributed by atoms with Gasteiger partial charge in [-0.15, -0.1) is 0 Å². The van der Waals surface area contributed by atoms with Gasteiger partial charge in [0, 0.05) is 7.05 Å². The first-order valence-electron chi connectivity index (χ1n) is 3.53. The molecule has 1 aromatic heterocycles. The predicted octanol–water partition coefficient (Wildman–Crippen LogP) is -0.767. The molecule has 12 heavy (non-hydrogen) atoms. The van der Waals surface area contributed by atoms with Gasteiger partial charge in [-0.1, -0.05) is 0 Å². The number of nitrogens with one attached hydrogen (secondary N) is 1. The van der Waals surface area contributed by atoms with E-state index in [1.807, 2.05) is 0 Å². The lowest BCUT2D eigenvalue weighted by Crippen LogP contribution is -2.37. The maximum atomic E-state index is 11.1. The molecule has 1 aliphatic rings. The van der Waals surface area contributed by atoms with Crippen molar-refractivity contribution in [2.75, 3.05) is 0 Å². The van der Waals surface area contributed by atoms with Crippen molar-refractivity contribution in [3.63, 3.8) is 0 Å². The zero-order valence-corrected chi connectivity index (χ0v) is 6.50. The van der Waals surface area contributed by atoms with E-state index in [1.54, 1.807) is 11.6 Å². The lowest BCUT2D eigenvalue weighted by Gasteiger charge is -2.10. The molecule has 0 aliphatic carbocycles. The van der Waals surface area contributed by atoms with Gasteiger partial charge in [0.1, 0.15) is 5.69 Å². The van der Waals surface area contributed by atoms with Crippen molar-refractivity contribution < 1.29 is 9.59 Å². The Morgan fingerprint density at radius 1 is 1.58 bits per heavy atom. The Hall–Kier alpha value is -1.65. The molecule has 1 aromatic rings. The van der Waals surface area contributed by atoms with Gasteiger partial charge >= 0.3 is 0 Å². The normalized spacial score (nSPS) is 15.8. The molecule has 0 saturated heterocycles. The summed E-state index contributed by atoms with van der Waals surface area (Å²) in [4.78, 5) is 25.9. The zero-order valence-electron chi connectivity index (χ0n) is 6.50. The van der Waals surface area contributed by atoms with Crippen LogP contribution in [0, 0.1) is 0 Å². The van der Waals surface area contributed by atoms with E-state index < -0.39 is 5.91 Å². The van der Waals surface area contributed by atoms with Gasteiger partial charge in [0.05, 0.1) is 18.4 Å². The second kappa shape index (κ2) is 2.17. The third kappa shape index (κ3) is 0.827. The molecule has 0 saturated carbocycles. The fraction of sp³-hybridized carbons (Fsp3) is 0.286. The fourth-order valence-corrected chi connectivity index (χ4v) is 1.24. The third-order valence-corrected chi connectivity index (χ3v) is 1.86. The highest BCUT2D eigenvalue weighted by molar-refractivity contribution is 6.08. The molecule has 2 heterocycles. The van der Waals surface area contributed by atoms with Gasteiger partial charge in [-0.25, -0.2) is 4.98 Å². The van der Waals surface area contributed by atoms with Crippen molar-refractivity contribution in [1.82, 2.24) is 14.9 Å². The minimum Gasteiger partial charge on any atom is -0.336 e. The number of amides is 2. The Balaban J connectivity index is 2.57. The van der Waals surface area contributed by atoms with Crippen molar-refractivity contribution in [2.24, 2.45) is 7.05 Å². The van der Waals surface area contributed by atoms with Gasteiger partial charge in [0.15, 0.2) is 0 Å². The maximum Gasteiger partial charge on any atom is 0.278 e. The standard InChI is InChI=1S/C7H7N3O2/c1-10-3-8-6-4(10)2-5(11)9-7(6)12/h3H,2H2,1H3,(H,9,11,12). The van der Waals surface area contributed by atoms with Gasteiger partial charge in [0.25, 0.3) is 5.91 Å². The van der Waals surface area contributed by atoms with Crippen molar-refractivity contribution in [3.8, 4) is 0 Å². The molecule has 0 atom stereocenters. The molecule has 62 valence electrons. The van der Waals surface area contributed by atoms with Crippen molar-refractivity contribution in [1.29, 1.82) is 0 Å². The number of hydrogen-bond donors (Lipinski definition) is 1. The zero-order chi connectivity index (χ0) is 8.72. The Morgan fingerprint density at radius 3 is 3.08 bits per heavy atom. The summed E-state index contributed by atoms with van der Waals surface area (Å²) in [7, 11) is 1.76. The second-order valence-electron chi connectivity index (χ2n) is 2.70. The van der Waals surface area contributed by atoms with Gasteiger partial charge < -0.3 is 4.57 Å². The van der Waals surface area contributed by atoms with E-state index in [9.17, 15) is 9.59 Å². The van der Waals surface area contributed by atoms with Gasteiger partial charge in [0.2, 0.25) is 5.91 Å². The van der Waals surface area contributed by atoms with Gasteiger partial charge in [-0.3, -0.25) is 14.9 Å². The number of carbonyl (C=O) groups excluding carboxylic acids is 2. The molecule has 0 unspecified atom stereocenters. The topological polar surface area (TPSA) is 64.0 Å². The molecular weight excluding hydrogens is 158 g/mol. The van der Waals surface area contributed by atoms with E-state index >= 15 is 0 Å². The Morgan fingerprint density at radius 2 is 2.33 bits per heavy atom. The van der Waals surface area contributed by atoms with Crippen LogP contribution in [0.5, 0.6) is 0 Å². The molecule has 1 N–H and O–H groups in total. The van der Waals surface area contributed by atoms with Crippen LogP contribution in [-0.2, 0) is 18.3 Å². The molecule has 1 aliphatic heterocycles. The monoisotopic (exact) mass is 165 g/mol. The highest BCUT2D eigenvalue weighted by Crippen LogP contribution is 2.10. The summed E-state index contributed by atoms with van der Waals surface area (Å²) in [6.45, 7) is 0. The average Bonchev–Trinajstić information content (AvgIpc) is 2.33. The third-order valence-electron chi connectivity index (χ3n) is 1.86. The number of hydrogen-bond acceptors (Lipinski definition) is 3. The highest BCUT2D eigenvalue weighted by Gasteiger charge is 2.25. The number of fused-ring (bicyclic) bond motifs is 1. The Kier molecular flexibility index (Phi) is 1.27. The number of carbonyl (C=O) groups is 2. The smallest absolute Gasteiger partial charge is 0.278 e. The van der Waals surface area contributed by atoms with E-state index in [-0.39, 0.29) is 12.3 Å². The van der Waals surface area contributed by atoms with Crippen LogP contribution in [0.15, 0.2) is 6.33 Å². The number of rotatable bonds is 0. The quantitative estimate of drug-likeness (QED) is 0.513.